The van der Waals surface area contributed by atoms with Gasteiger partial charge >= 0.3 is 5.97 Å². The predicted octanol–water partition coefficient (Wildman–Crippen LogP) is 2.69. The van der Waals surface area contributed by atoms with Gasteiger partial charge in [0.2, 0.25) is 0 Å². The van der Waals surface area contributed by atoms with Crippen LogP contribution in [-0.4, -0.2) is 36.7 Å². The first-order valence-corrected chi connectivity index (χ1v) is 7.63. The molecule has 1 heterocycles. The first-order valence-electron chi connectivity index (χ1n) is 6.81. The maximum atomic E-state index is 13.0. The Bertz CT molecular complexity index is 711. The number of carbonyl (C=O) groups is 2. The summed E-state index contributed by atoms with van der Waals surface area (Å²) >= 11 is 1.25. The number of carboxylic acid groups (broad SMARTS) is 1. The van der Waals surface area contributed by atoms with Crippen molar-refractivity contribution in [1.82, 2.24) is 5.32 Å². The van der Waals surface area contributed by atoms with Crippen LogP contribution in [0, 0.1) is 12.7 Å². The molecule has 2 rings (SSSR count). The van der Waals surface area contributed by atoms with E-state index in [9.17, 15) is 14.0 Å². The average molecular weight is 337 g/mol. The number of aliphatic carboxylic acids is 1. The number of methoxy groups -OCH3 is 1. The molecule has 0 bridgehead atoms. The number of ether oxygens (including phenoxy) is 1. The van der Waals surface area contributed by atoms with Crippen LogP contribution in [0.15, 0.2) is 30.3 Å². The van der Waals surface area contributed by atoms with Crippen molar-refractivity contribution in [3.05, 3.63) is 45.9 Å². The highest BCUT2D eigenvalue weighted by molar-refractivity contribution is 7.14. The summed E-state index contributed by atoms with van der Waals surface area (Å²) in [4.78, 5) is 24.5. The van der Waals surface area contributed by atoms with Crippen LogP contribution in [0.5, 0.6) is 0 Å². The fourth-order valence-electron chi connectivity index (χ4n) is 2.08. The number of carboxylic acids is 1. The molecule has 0 fully saturated rings. The van der Waals surface area contributed by atoms with Crippen molar-refractivity contribution in [2.24, 2.45) is 0 Å². The molecule has 0 saturated carbocycles. The highest BCUT2D eigenvalue weighted by Crippen LogP contribution is 2.31. The van der Waals surface area contributed by atoms with Crippen molar-refractivity contribution >= 4 is 23.2 Å². The van der Waals surface area contributed by atoms with Gasteiger partial charge in [0.15, 0.2) is 6.04 Å². The summed E-state index contributed by atoms with van der Waals surface area (Å²) in [6.07, 6.45) is 0. The zero-order valence-corrected chi connectivity index (χ0v) is 13.4. The van der Waals surface area contributed by atoms with E-state index >= 15 is 0 Å². The molecule has 0 aliphatic carbocycles. The van der Waals surface area contributed by atoms with Crippen LogP contribution in [0.2, 0.25) is 0 Å². The second-order valence-corrected chi connectivity index (χ2v) is 6.16. The van der Waals surface area contributed by atoms with E-state index in [2.05, 4.69) is 5.32 Å². The van der Waals surface area contributed by atoms with Crippen molar-refractivity contribution in [3.8, 4) is 11.1 Å². The minimum atomic E-state index is -1.16. The number of hydrogen-bond donors (Lipinski definition) is 2. The third-order valence-electron chi connectivity index (χ3n) is 3.23. The summed E-state index contributed by atoms with van der Waals surface area (Å²) in [5, 5.41) is 11.5. The van der Waals surface area contributed by atoms with E-state index in [0.29, 0.717) is 4.88 Å². The molecule has 1 aromatic heterocycles. The summed E-state index contributed by atoms with van der Waals surface area (Å²) in [7, 11) is 1.37. The van der Waals surface area contributed by atoms with Gasteiger partial charge in [0.1, 0.15) is 5.82 Å². The zero-order chi connectivity index (χ0) is 17.0. The van der Waals surface area contributed by atoms with Crippen molar-refractivity contribution < 1.29 is 23.8 Å². The number of thiophene rings is 1. The smallest absolute Gasteiger partial charge is 0.328 e. The summed E-state index contributed by atoms with van der Waals surface area (Å²) in [6.45, 7) is 1.74. The van der Waals surface area contributed by atoms with E-state index < -0.39 is 17.9 Å². The van der Waals surface area contributed by atoms with Gasteiger partial charge in [-0.15, -0.1) is 11.3 Å². The van der Waals surface area contributed by atoms with E-state index in [-0.39, 0.29) is 12.4 Å². The first kappa shape index (κ1) is 17.1. The number of hydrogen-bond acceptors (Lipinski definition) is 4. The molecule has 1 amide bonds. The minimum absolute atomic E-state index is 0.115. The Hall–Kier alpha value is -2.25. The lowest BCUT2D eigenvalue weighted by Gasteiger charge is -2.12. The van der Waals surface area contributed by atoms with E-state index in [4.69, 9.17) is 9.84 Å². The highest BCUT2D eigenvalue weighted by Gasteiger charge is 2.22. The Morgan fingerprint density at radius 3 is 2.57 bits per heavy atom. The predicted molar refractivity (Wildman–Crippen MR) is 85.2 cm³/mol. The topological polar surface area (TPSA) is 75.6 Å². The highest BCUT2D eigenvalue weighted by atomic mass is 32.1. The zero-order valence-electron chi connectivity index (χ0n) is 12.6. The van der Waals surface area contributed by atoms with E-state index in [1.54, 1.807) is 18.2 Å². The molecule has 23 heavy (non-hydrogen) atoms. The Morgan fingerprint density at radius 1 is 1.35 bits per heavy atom. The Morgan fingerprint density at radius 2 is 2.00 bits per heavy atom. The second-order valence-electron chi connectivity index (χ2n) is 4.91. The molecule has 0 radical (unpaired) electrons. The number of aryl methyl sites for hydroxylation is 1. The van der Waals surface area contributed by atoms with Crippen LogP contribution in [0.3, 0.4) is 0 Å². The van der Waals surface area contributed by atoms with Crippen molar-refractivity contribution in [3.63, 3.8) is 0 Å². The largest absolute Gasteiger partial charge is 0.480 e. The number of halogens is 1. The van der Waals surface area contributed by atoms with E-state index in [1.807, 2.05) is 6.92 Å². The molecule has 0 saturated heterocycles. The summed E-state index contributed by atoms with van der Waals surface area (Å²) in [5.41, 5.74) is 1.62. The third kappa shape index (κ3) is 4.14. The normalized spacial score (nSPS) is 12.0. The van der Waals surface area contributed by atoms with Gasteiger partial charge in [-0.05, 0) is 36.2 Å². The Labute approximate surface area is 136 Å². The molecular weight excluding hydrogens is 321 g/mol. The third-order valence-corrected chi connectivity index (χ3v) is 4.28. The quantitative estimate of drug-likeness (QED) is 0.850. The number of benzene rings is 1. The fraction of sp³-hybridized carbons (Fsp3) is 0.250. The molecular formula is C16H16FNO4S. The van der Waals surface area contributed by atoms with Crippen molar-refractivity contribution in [2.75, 3.05) is 13.7 Å². The Kier molecular flexibility index (Phi) is 5.46. The van der Waals surface area contributed by atoms with Gasteiger partial charge in [0.25, 0.3) is 5.91 Å². The standard InChI is InChI=1S/C16H16FNO4S/c1-9-12(10-3-5-11(17)6-4-10)7-14(23-9)15(19)18-13(8-22-2)16(20)21/h3-7,13H,8H2,1-2H3,(H,18,19)(H,20,21). The van der Waals surface area contributed by atoms with Gasteiger partial charge in [-0.25, -0.2) is 9.18 Å². The van der Waals surface area contributed by atoms with Crippen LogP contribution in [0.1, 0.15) is 14.5 Å². The number of carbonyl (C=O) groups excluding carboxylic acids is 1. The SMILES string of the molecule is COCC(NC(=O)c1cc(-c2ccc(F)cc2)c(C)s1)C(=O)O. The maximum absolute atomic E-state index is 13.0. The van der Waals surface area contributed by atoms with Crippen LogP contribution in [0.25, 0.3) is 11.1 Å². The average Bonchev–Trinajstić information content (AvgIpc) is 2.89. The van der Waals surface area contributed by atoms with E-state index in [0.717, 1.165) is 16.0 Å². The second kappa shape index (κ2) is 7.34. The first-order chi connectivity index (χ1) is 10.9. The number of amides is 1. The molecule has 2 N–H and O–H groups in total. The monoisotopic (exact) mass is 337 g/mol. The van der Waals surface area contributed by atoms with Gasteiger partial charge in [0.05, 0.1) is 11.5 Å². The van der Waals surface area contributed by atoms with Gasteiger partial charge in [-0.1, -0.05) is 12.1 Å². The molecule has 1 atom stereocenters. The molecule has 0 aliphatic rings. The molecule has 1 aromatic carbocycles. The molecule has 0 spiro atoms. The van der Waals surface area contributed by atoms with Gasteiger partial charge < -0.3 is 15.2 Å². The molecule has 122 valence electrons. The number of nitrogens with one attached hydrogen (secondary N) is 1. The van der Waals surface area contributed by atoms with Crippen LogP contribution in [-0.2, 0) is 9.53 Å². The van der Waals surface area contributed by atoms with Gasteiger partial charge in [-0.2, -0.15) is 0 Å². The van der Waals surface area contributed by atoms with Crippen molar-refractivity contribution in [1.29, 1.82) is 0 Å². The maximum Gasteiger partial charge on any atom is 0.328 e. The number of rotatable bonds is 6. The van der Waals surface area contributed by atoms with Gasteiger partial charge in [-0.3, -0.25) is 4.79 Å². The molecule has 7 heteroatoms. The summed E-state index contributed by atoms with van der Waals surface area (Å²) in [6, 6.07) is 6.54. The lowest BCUT2D eigenvalue weighted by atomic mass is 10.1. The molecule has 1 unspecified atom stereocenters. The molecule has 0 aliphatic heterocycles. The van der Waals surface area contributed by atoms with Crippen LogP contribution in [0.4, 0.5) is 4.39 Å². The van der Waals surface area contributed by atoms with E-state index in [1.165, 1.54) is 30.6 Å². The Balaban J connectivity index is 2.21. The van der Waals surface area contributed by atoms with Crippen LogP contribution < -0.4 is 5.32 Å². The fourth-order valence-corrected chi connectivity index (χ4v) is 3.03. The minimum Gasteiger partial charge on any atom is -0.480 e. The summed E-state index contributed by atoms with van der Waals surface area (Å²) in [5.74, 6) is -1.97. The summed E-state index contributed by atoms with van der Waals surface area (Å²) < 4.78 is 17.8. The van der Waals surface area contributed by atoms with Crippen molar-refractivity contribution in [2.45, 2.75) is 13.0 Å². The van der Waals surface area contributed by atoms with Crippen LogP contribution >= 0.6 is 11.3 Å². The molecule has 2 aromatic rings. The lowest BCUT2D eigenvalue weighted by Crippen LogP contribution is -2.43. The lowest BCUT2D eigenvalue weighted by molar-refractivity contribution is -0.140. The molecule has 5 nitrogen and oxygen atoms in total. The van der Waals surface area contributed by atoms with Gasteiger partial charge in [0, 0.05) is 12.0 Å².